The van der Waals surface area contributed by atoms with E-state index < -0.39 is 10.0 Å². The zero-order valence-corrected chi connectivity index (χ0v) is 12.6. The van der Waals surface area contributed by atoms with Gasteiger partial charge in [-0.05, 0) is 46.3 Å². The summed E-state index contributed by atoms with van der Waals surface area (Å²) in [6, 6.07) is 9.47. The summed E-state index contributed by atoms with van der Waals surface area (Å²) in [7, 11) is -3.66. The monoisotopic (exact) mass is 357 g/mol. The molecule has 0 unspecified atom stereocenters. The molecule has 0 fully saturated rings. The van der Waals surface area contributed by atoms with Crippen LogP contribution in [-0.4, -0.2) is 8.42 Å². The maximum Gasteiger partial charge on any atom is 0.271 e. The smallest absolute Gasteiger partial charge is 0.271 e. The molecular weight excluding hydrogens is 350 g/mol. The highest BCUT2D eigenvalue weighted by molar-refractivity contribution is 9.11. The van der Waals surface area contributed by atoms with Crippen molar-refractivity contribution in [1.29, 1.82) is 5.26 Å². The first kappa shape index (κ1) is 13.9. The molecule has 0 saturated heterocycles. The Labute approximate surface area is 122 Å². The first-order chi connectivity index (χ1) is 8.92. The molecule has 1 heterocycles. The summed E-state index contributed by atoms with van der Waals surface area (Å²) in [5.74, 6) is 0. The number of sulfonamides is 1. The Balaban J connectivity index is 2.34. The molecule has 19 heavy (non-hydrogen) atoms. The maximum absolute atomic E-state index is 12.1. The number of hydrogen-bond donors (Lipinski definition) is 2. The summed E-state index contributed by atoms with van der Waals surface area (Å²) in [5.41, 5.74) is 6.54. The number of benzene rings is 1. The molecule has 5 nitrogen and oxygen atoms in total. The quantitative estimate of drug-likeness (QED) is 0.825. The van der Waals surface area contributed by atoms with Crippen LogP contribution in [0.15, 0.2) is 38.3 Å². The standard InChI is InChI=1S/C11H8BrN3O2S2/c12-10-3-4-11(18-10)19(16,17)15-9-2-1-7(6-13)5-8(9)14/h1-5,15H,14H2. The summed E-state index contributed by atoms with van der Waals surface area (Å²) in [6.45, 7) is 0. The molecule has 0 bridgehead atoms. The van der Waals surface area contributed by atoms with E-state index >= 15 is 0 Å². The minimum absolute atomic E-state index is 0.183. The number of halogens is 1. The van der Waals surface area contributed by atoms with Crippen molar-refractivity contribution in [3.63, 3.8) is 0 Å². The number of hydrogen-bond acceptors (Lipinski definition) is 5. The van der Waals surface area contributed by atoms with Gasteiger partial charge in [0.15, 0.2) is 0 Å². The molecule has 0 aliphatic carbocycles. The normalized spacial score (nSPS) is 10.9. The third-order valence-electron chi connectivity index (χ3n) is 2.24. The Hall–Kier alpha value is -1.56. The first-order valence-corrected chi connectivity index (χ1v) is 8.09. The number of thiophene rings is 1. The third kappa shape index (κ3) is 3.07. The summed E-state index contributed by atoms with van der Waals surface area (Å²) in [6.07, 6.45) is 0. The lowest BCUT2D eigenvalue weighted by atomic mass is 10.2. The van der Waals surface area contributed by atoms with Gasteiger partial charge in [-0.1, -0.05) is 0 Å². The summed E-state index contributed by atoms with van der Waals surface area (Å²) < 4.78 is 27.5. The second-order valence-electron chi connectivity index (χ2n) is 3.58. The number of nitriles is 1. The Morgan fingerprint density at radius 1 is 1.32 bits per heavy atom. The van der Waals surface area contributed by atoms with E-state index in [9.17, 15) is 8.42 Å². The van der Waals surface area contributed by atoms with Crippen molar-refractivity contribution in [3.8, 4) is 6.07 Å². The molecule has 2 aromatic rings. The molecule has 0 aliphatic heterocycles. The number of anilines is 2. The van der Waals surface area contributed by atoms with E-state index in [4.69, 9.17) is 11.0 Å². The molecule has 0 atom stereocenters. The lowest BCUT2D eigenvalue weighted by molar-refractivity contribution is 0.603. The Bertz CT molecular complexity index is 762. The molecule has 0 spiro atoms. The summed E-state index contributed by atoms with van der Waals surface area (Å²) in [5, 5.41) is 8.72. The fourth-order valence-electron chi connectivity index (χ4n) is 1.36. The molecule has 1 aromatic heterocycles. The van der Waals surface area contributed by atoms with Gasteiger partial charge in [0.2, 0.25) is 0 Å². The average molecular weight is 358 g/mol. The molecule has 2 rings (SSSR count). The molecular formula is C11H8BrN3O2S2. The minimum Gasteiger partial charge on any atom is -0.397 e. The van der Waals surface area contributed by atoms with Gasteiger partial charge in [-0.3, -0.25) is 4.72 Å². The number of nitrogens with one attached hydrogen (secondary N) is 1. The van der Waals surface area contributed by atoms with Gasteiger partial charge >= 0.3 is 0 Å². The third-order valence-corrected chi connectivity index (χ3v) is 5.72. The predicted molar refractivity (Wildman–Crippen MR) is 78.4 cm³/mol. The number of nitrogen functional groups attached to an aromatic ring is 1. The Morgan fingerprint density at radius 2 is 2.05 bits per heavy atom. The topological polar surface area (TPSA) is 96.0 Å². The van der Waals surface area contributed by atoms with Crippen molar-refractivity contribution in [2.45, 2.75) is 4.21 Å². The predicted octanol–water partition coefficient (Wildman–Crippen LogP) is 2.77. The van der Waals surface area contributed by atoms with Crippen LogP contribution in [-0.2, 0) is 10.0 Å². The minimum atomic E-state index is -3.66. The average Bonchev–Trinajstić information content (AvgIpc) is 2.79. The summed E-state index contributed by atoms with van der Waals surface area (Å²) >= 11 is 4.31. The van der Waals surface area contributed by atoms with Gasteiger partial charge in [-0.25, -0.2) is 8.42 Å². The van der Waals surface area contributed by atoms with Gasteiger partial charge < -0.3 is 5.73 Å². The molecule has 0 radical (unpaired) electrons. The Morgan fingerprint density at radius 3 is 2.58 bits per heavy atom. The SMILES string of the molecule is N#Cc1ccc(NS(=O)(=O)c2ccc(Br)s2)c(N)c1. The van der Waals surface area contributed by atoms with E-state index in [1.165, 1.54) is 24.3 Å². The van der Waals surface area contributed by atoms with Crippen LogP contribution < -0.4 is 10.5 Å². The van der Waals surface area contributed by atoms with Gasteiger partial charge in [0.05, 0.1) is 26.8 Å². The van der Waals surface area contributed by atoms with E-state index in [0.29, 0.717) is 5.56 Å². The van der Waals surface area contributed by atoms with E-state index in [0.717, 1.165) is 15.1 Å². The molecule has 3 N–H and O–H groups in total. The van der Waals surface area contributed by atoms with Crippen LogP contribution in [0.5, 0.6) is 0 Å². The lowest BCUT2D eigenvalue weighted by Crippen LogP contribution is -2.12. The molecule has 0 aliphatic rings. The van der Waals surface area contributed by atoms with Crippen LogP contribution in [0.1, 0.15) is 5.56 Å². The molecule has 0 saturated carbocycles. The van der Waals surface area contributed by atoms with Gasteiger partial charge in [0.25, 0.3) is 10.0 Å². The second kappa shape index (κ2) is 5.21. The van der Waals surface area contributed by atoms with Gasteiger partial charge in [0, 0.05) is 0 Å². The maximum atomic E-state index is 12.1. The summed E-state index contributed by atoms with van der Waals surface area (Å²) in [4.78, 5) is 0. The van der Waals surface area contributed by atoms with Crippen LogP contribution in [0.2, 0.25) is 0 Å². The molecule has 1 aromatic carbocycles. The van der Waals surface area contributed by atoms with E-state index in [1.807, 2.05) is 6.07 Å². The fraction of sp³-hybridized carbons (Fsp3) is 0. The van der Waals surface area contributed by atoms with E-state index in [-0.39, 0.29) is 15.6 Å². The van der Waals surface area contributed by atoms with E-state index in [1.54, 1.807) is 6.07 Å². The molecule has 98 valence electrons. The van der Waals surface area contributed by atoms with Crippen molar-refractivity contribution in [2.75, 3.05) is 10.5 Å². The second-order valence-corrected chi connectivity index (χ2v) is 7.95. The molecule has 0 amide bonds. The van der Waals surface area contributed by atoms with Crippen molar-refractivity contribution < 1.29 is 8.42 Å². The molecule has 8 heteroatoms. The highest BCUT2D eigenvalue weighted by Crippen LogP contribution is 2.29. The van der Waals surface area contributed by atoms with Crippen LogP contribution in [0.3, 0.4) is 0 Å². The van der Waals surface area contributed by atoms with Crippen LogP contribution >= 0.6 is 27.3 Å². The zero-order valence-electron chi connectivity index (χ0n) is 9.42. The van der Waals surface area contributed by atoms with Crippen molar-refractivity contribution >= 4 is 48.7 Å². The van der Waals surface area contributed by atoms with Crippen LogP contribution in [0, 0.1) is 11.3 Å². The van der Waals surface area contributed by atoms with Gasteiger partial charge in [0.1, 0.15) is 4.21 Å². The van der Waals surface area contributed by atoms with Crippen molar-refractivity contribution in [1.82, 2.24) is 0 Å². The van der Waals surface area contributed by atoms with Crippen molar-refractivity contribution in [2.24, 2.45) is 0 Å². The van der Waals surface area contributed by atoms with E-state index in [2.05, 4.69) is 20.7 Å². The lowest BCUT2D eigenvalue weighted by Gasteiger charge is -2.08. The largest absolute Gasteiger partial charge is 0.397 e. The Kier molecular flexibility index (Phi) is 3.80. The van der Waals surface area contributed by atoms with Crippen LogP contribution in [0.25, 0.3) is 0 Å². The first-order valence-electron chi connectivity index (χ1n) is 5.00. The van der Waals surface area contributed by atoms with Gasteiger partial charge in [-0.15, -0.1) is 11.3 Å². The number of nitrogens with two attached hydrogens (primary N) is 1. The zero-order chi connectivity index (χ0) is 14.0. The fourth-order valence-corrected chi connectivity index (χ4v) is 4.46. The van der Waals surface area contributed by atoms with Crippen molar-refractivity contribution in [3.05, 3.63) is 39.7 Å². The number of nitrogens with zero attached hydrogens (tertiary/aromatic N) is 1. The van der Waals surface area contributed by atoms with Gasteiger partial charge in [-0.2, -0.15) is 5.26 Å². The van der Waals surface area contributed by atoms with Crippen LogP contribution in [0.4, 0.5) is 11.4 Å². The highest BCUT2D eigenvalue weighted by Gasteiger charge is 2.17. The highest BCUT2D eigenvalue weighted by atomic mass is 79.9. The number of rotatable bonds is 3.